The van der Waals surface area contributed by atoms with Crippen LogP contribution in [0.2, 0.25) is 0 Å². The molecule has 1 amide bonds. The molecule has 122 valence electrons. The second-order valence-corrected chi connectivity index (χ2v) is 6.77. The normalized spacial score (nSPS) is 15.6. The number of nitrogens with one attached hydrogen (secondary N) is 1. The highest BCUT2D eigenvalue weighted by molar-refractivity contribution is 7.07. The summed E-state index contributed by atoms with van der Waals surface area (Å²) in [5, 5.41) is 7.24. The second kappa shape index (κ2) is 7.62. The SMILES string of the molecule is CN1CCN(c2ccccc2NC(=O)CCc2ccsc2)CC1. The lowest BCUT2D eigenvalue weighted by atomic mass is 10.1. The zero-order chi connectivity index (χ0) is 16.1. The molecule has 0 bridgehead atoms. The van der Waals surface area contributed by atoms with Gasteiger partial charge in [-0.3, -0.25) is 4.79 Å². The van der Waals surface area contributed by atoms with Gasteiger partial charge in [-0.1, -0.05) is 12.1 Å². The van der Waals surface area contributed by atoms with E-state index in [9.17, 15) is 4.79 Å². The van der Waals surface area contributed by atoms with E-state index < -0.39 is 0 Å². The lowest BCUT2D eigenvalue weighted by molar-refractivity contribution is -0.116. The van der Waals surface area contributed by atoms with E-state index in [1.807, 2.05) is 18.2 Å². The predicted molar refractivity (Wildman–Crippen MR) is 97.4 cm³/mol. The van der Waals surface area contributed by atoms with Crippen LogP contribution >= 0.6 is 11.3 Å². The quantitative estimate of drug-likeness (QED) is 0.916. The van der Waals surface area contributed by atoms with Gasteiger partial charge in [0.05, 0.1) is 11.4 Å². The van der Waals surface area contributed by atoms with Crippen LogP contribution in [0.3, 0.4) is 0 Å². The van der Waals surface area contributed by atoms with Crippen LogP contribution in [0.15, 0.2) is 41.1 Å². The number of aryl methyl sites for hydroxylation is 1. The highest BCUT2D eigenvalue weighted by atomic mass is 32.1. The molecule has 1 N–H and O–H groups in total. The number of piperazine rings is 1. The van der Waals surface area contributed by atoms with Gasteiger partial charge in [0, 0.05) is 32.6 Å². The Morgan fingerprint density at radius 3 is 2.70 bits per heavy atom. The molecule has 2 heterocycles. The van der Waals surface area contributed by atoms with Crippen molar-refractivity contribution in [2.45, 2.75) is 12.8 Å². The molecule has 1 fully saturated rings. The van der Waals surface area contributed by atoms with Crippen LogP contribution in [0.25, 0.3) is 0 Å². The van der Waals surface area contributed by atoms with Gasteiger partial charge in [0.2, 0.25) is 5.91 Å². The van der Waals surface area contributed by atoms with E-state index >= 15 is 0 Å². The monoisotopic (exact) mass is 329 g/mol. The Labute approximate surface area is 141 Å². The molecular weight excluding hydrogens is 306 g/mol. The van der Waals surface area contributed by atoms with Crippen molar-refractivity contribution in [3.05, 3.63) is 46.7 Å². The maximum Gasteiger partial charge on any atom is 0.224 e. The summed E-state index contributed by atoms with van der Waals surface area (Å²) in [6, 6.07) is 10.2. The Kier molecular flexibility index (Phi) is 5.31. The van der Waals surface area contributed by atoms with Crippen molar-refractivity contribution >= 4 is 28.6 Å². The van der Waals surface area contributed by atoms with Crippen LogP contribution in [-0.2, 0) is 11.2 Å². The number of carbonyl (C=O) groups is 1. The van der Waals surface area contributed by atoms with Crippen molar-refractivity contribution in [1.29, 1.82) is 0 Å². The minimum Gasteiger partial charge on any atom is -0.367 e. The number of likely N-dealkylation sites (N-methyl/N-ethyl adjacent to an activating group) is 1. The van der Waals surface area contributed by atoms with E-state index in [0.717, 1.165) is 44.0 Å². The standard InChI is InChI=1S/C18H23N3OS/c1-20-9-11-21(12-10-20)17-5-3-2-4-16(17)19-18(22)7-6-15-8-13-23-14-15/h2-5,8,13-14H,6-7,9-12H2,1H3,(H,19,22). The van der Waals surface area contributed by atoms with Crippen molar-refractivity contribution in [2.24, 2.45) is 0 Å². The molecule has 0 spiro atoms. The lowest BCUT2D eigenvalue weighted by Gasteiger charge is -2.35. The minimum atomic E-state index is 0.0813. The number of hydrogen-bond acceptors (Lipinski definition) is 4. The number of rotatable bonds is 5. The lowest BCUT2D eigenvalue weighted by Crippen LogP contribution is -2.44. The number of thiophene rings is 1. The Balaban J connectivity index is 1.62. The molecule has 0 aliphatic carbocycles. The summed E-state index contributed by atoms with van der Waals surface area (Å²) in [4.78, 5) is 16.9. The first-order chi connectivity index (χ1) is 11.2. The number of para-hydroxylation sites is 2. The van der Waals surface area contributed by atoms with Crippen molar-refractivity contribution in [3.8, 4) is 0 Å². The zero-order valence-electron chi connectivity index (χ0n) is 13.5. The second-order valence-electron chi connectivity index (χ2n) is 5.99. The average Bonchev–Trinajstić information content (AvgIpc) is 3.08. The molecular formula is C18H23N3OS. The molecule has 1 aromatic heterocycles. The third-order valence-corrected chi connectivity index (χ3v) is 4.97. The third kappa shape index (κ3) is 4.33. The van der Waals surface area contributed by atoms with E-state index in [-0.39, 0.29) is 5.91 Å². The van der Waals surface area contributed by atoms with Crippen LogP contribution in [0.4, 0.5) is 11.4 Å². The van der Waals surface area contributed by atoms with Gasteiger partial charge in [-0.05, 0) is 48.0 Å². The highest BCUT2D eigenvalue weighted by Gasteiger charge is 2.17. The van der Waals surface area contributed by atoms with Crippen LogP contribution in [0.5, 0.6) is 0 Å². The summed E-state index contributed by atoms with van der Waals surface area (Å²) in [7, 11) is 2.15. The van der Waals surface area contributed by atoms with Gasteiger partial charge in [0.25, 0.3) is 0 Å². The summed E-state index contributed by atoms with van der Waals surface area (Å²) in [5.41, 5.74) is 3.29. The molecule has 0 radical (unpaired) electrons. The number of benzene rings is 1. The first-order valence-corrected chi connectivity index (χ1v) is 9.00. The van der Waals surface area contributed by atoms with Crippen LogP contribution in [0, 0.1) is 0 Å². The summed E-state index contributed by atoms with van der Waals surface area (Å²) in [5.74, 6) is 0.0813. The van der Waals surface area contributed by atoms with Crippen LogP contribution < -0.4 is 10.2 Å². The smallest absolute Gasteiger partial charge is 0.224 e. The van der Waals surface area contributed by atoms with Crippen molar-refractivity contribution in [2.75, 3.05) is 43.4 Å². The topological polar surface area (TPSA) is 35.6 Å². The molecule has 0 saturated carbocycles. The van der Waals surface area contributed by atoms with Gasteiger partial charge < -0.3 is 15.1 Å². The third-order valence-electron chi connectivity index (χ3n) is 4.24. The molecule has 23 heavy (non-hydrogen) atoms. The van der Waals surface area contributed by atoms with E-state index in [1.165, 1.54) is 5.56 Å². The van der Waals surface area contributed by atoms with E-state index in [2.05, 4.69) is 45.1 Å². The summed E-state index contributed by atoms with van der Waals surface area (Å²) < 4.78 is 0. The molecule has 4 nitrogen and oxygen atoms in total. The highest BCUT2D eigenvalue weighted by Crippen LogP contribution is 2.26. The molecule has 1 saturated heterocycles. The fraction of sp³-hybridized carbons (Fsp3) is 0.389. The molecule has 3 rings (SSSR count). The fourth-order valence-corrected chi connectivity index (χ4v) is 3.51. The van der Waals surface area contributed by atoms with Crippen LogP contribution in [-0.4, -0.2) is 44.0 Å². The minimum absolute atomic E-state index is 0.0813. The maximum atomic E-state index is 12.3. The molecule has 2 aromatic rings. The Bertz CT molecular complexity index is 633. The van der Waals surface area contributed by atoms with E-state index in [4.69, 9.17) is 0 Å². The maximum absolute atomic E-state index is 12.3. The number of amides is 1. The number of nitrogens with zero attached hydrogens (tertiary/aromatic N) is 2. The molecule has 0 unspecified atom stereocenters. The number of carbonyl (C=O) groups excluding carboxylic acids is 1. The molecule has 1 aromatic carbocycles. The molecule has 5 heteroatoms. The van der Waals surface area contributed by atoms with Crippen molar-refractivity contribution in [3.63, 3.8) is 0 Å². The summed E-state index contributed by atoms with van der Waals surface area (Å²) >= 11 is 1.67. The Hall–Kier alpha value is -1.85. The van der Waals surface area contributed by atoms with Gasteiger partial charge in [-0.2, -0.15) is 11.3 Å². The van der Waals surface area contributed by atoms with Crippen LogP contribution in [0.1, 0.15) is 12.0 Å². The van der Waals surface area contributed by atoms with E-state index in [0.29, 0.717) is 6.42 Å². The Morgan fingerprint density at radius 2 is 1.96 bits per heavy atom. The van der Waals surface area contributed by atoms with Crippen molar-refractivity contribution < 1.29 is 4.79 Å². The molecule has 1 aliphatic rings. The van der Waals surface area contributed by atoms with Gasteiger partial charge in [0.1, 0.15) is 0 Å². The summed E-state index contributed by atoms with van der Waals surface area (Å²) in [6.45, 7) is 4.11. The Morgan fingerprint density at radius 1 is 1.17 bits per heavy atom. The van der Waals surface area contributed by atoms with Crippen molar-refractivity contribution in [1.82, 2.24) is 4.90 Å². The largest absolute Gasteiger partial charge is 0.367 e. The molecule has 0 atom stereocenters. The number of hydrogen-bond donors (Lipinski definition) is 1. The number of anilines is 2. The zero-order valence-corrected chi connectivity index (χ0v) is 14.3. The molecule has 1 aliphatic heterocycles. The van der Waals surface area contributed by atoms with Gasteiger partial charge >= 0.3 is 0 Å². The average molecular weight is 329 g/mol. The van der Waals surface area contributed by atoms with E-state index in [1.54, 1.807) is 11.3 Å². The summed E-state index contributed by atoms with van der Waals surface area (Å²) in [6.07, 6.45) is 1.32. The van der Waals surface area contributed by atoms with Gasteiger partial charge in [0.15, 0.2) is 0 Å². The first-order valence-electron chi connectivity index (χ1n) is 8.06. The van der Waals surface area contributed by atoms with Gasteiger partial charge in [-0.15, -0.1) is 0 Å². The fourth-order valence-electron chi connectivity index (χ4n) is 2.81. The first kappa shape index (κ1) is 16.0. The van der Waals surface area contributed by atoms with Gasteiger partial charge in [-0.25, -0.2) is 0 Å². The predicted octanol–water partition coefficient (Wildman–Crippen LogP) is 3.07.